The molecule has 1 unspecified atom stereocenters. The van der Waals surface area contributed by atoms with Gasteiger partial charge in [0, 0.05) is 17.0 Å². The van der Waals surface area contributed by atoms with E-state index in [1.54, 1.807) is 6.08 Å². The molecule has 208 valence electrons. The van der Waals surface area contributed by atoms with Gasteiger partial charge in [0.2, 0.25) is 5.91 Å². The molecular weight excluding hydrogens is 544 g/mol. The first-order chi connectivity index (χ1) is 19.2. The summed E-state index contributed by atoms with van der Waals surface area (Å²) in [6.45, 7) is 12.2. The average Bonchev–Trinajstić information content (AvgIpc) is 3.49. The van der Waals surface area contributed by atoms with Gasteiger partial charge in [-0.3, -0.25) is 9.36 Å². The normalized spacial score (nSPS) is 11.6. The zero-order valence-electron chi connectivity index (χ0n) is 23.2. The molecule has 2 aromatic carbocycles. The van der Waals surface area contributed by atoms with E-state index in [-0.39, 0.29) is 17.8 Å². The summed E-state index contributed by atoms with van der Waals surface area (Å²) in [6, 6.07) is 15.6. The van der Waals surface area contributed by atoms with Crippen LogP contribution in [0, 0.1) is 20.8 Å². The SMILES string of the molecule is C=CCn1c(SCC(=O)Nc2sc(C)c(-c3ccccc3)c2C(=O)OC)nnc1C(C)Oc1ccc(C)cc1C. The van der Waals surface area contributed by atoms with Gasteiger partial charge in [0.25, 0.3) is 0 Å². The predicted octanol–water partition coefficient (Wildman–Crippen LogP) is 6.78. The van der Waals surface area contributed by atoms with E-state index in [1.807, 2.05) is 74.7 Å². The van der Waals surface area contributed by atoms with Crippen LogP contribution in [-0.4, -0.2) is 39.5 Å². The third-order valence-corrected chi connectivity index (χ3v) is 8.16. The molecule has 0 saturated carbocycles. The highest BCUT2D eigenvalue weighted by atomic mass is 32.2. The number of nitrogens with one attached hydrogen (secondary N) is 1. The van der Waals surface area contributed by atoms with Crippen LogP contribution in [0.4, 0.5) is 5.00 Å². The van der Waals surface area contributed by atoms with Crippen LogP contribution >= 0.6 is 23.1 Å². The summed E-state index contributed by atoms with van der Waals surface area (Å²) >= 11 is 2.60. The molecule has 0 aliphatic heterocycles. The third-order valence-electron chi connectivity index (χ3n) is 6.18. The molecule has 1 amide bonds. The fourth-order valence-corrected chi connectivity index (χ4v) is 6.19. The smallest absolute Gasteiger partial charge is 0.341 e. The number of nitrogens with zero attached hydrogens (tertiary/aromatic N) is 3. The lowest BCUT2D eigenvalue weighted by Gasteiger charge is -2.17. The molecule has 0 aliphatic rings. The fourth-order valence-electron chi connectivity index (χ4n) is 4.36. The van der Waals surface area contributed by atoms with Crippen molar-refractivity contribution in [1.29, 1.82) is 0 Å². The number of carbonyl (C=O) groups is 2. The maximum absolute atomic E-state index is 13.0. The second-order valence-electron chi connectivity index (χ2n) is 9.20. The van der Waals surface area contributed by atoms with Crippen LogP contribution in [0.5, 0.6) is 5.75 Å². The Morgan fingerprint density at radius 2 is 1.90 bits per heavy atom. The number of methoxy groups -OCH3 is 1. The van der Waals surface area contributed by atoms with Crippen molar-refractivity contribution in [3.05, 3.63) is 88.6 Å². The quantitative estimate of drug-likeness (QED) is 0.120. The Balaban J connectivity index is 1.50. The highest BCUT2D eigenvalue weighted by molar-refractivity contribution is 7.99. The molecule has 2 aromatic heterocycles. The van der Waals surface area contributed by atoms with Crippen LogP contribution in [-0.2, 0) is 16.1 Å². The molecule has 0 spiro atoms. The van der Waals surface area contributed by atoms with Crippen molar-refractivity contribution in [1.82, 2.24) is 14.8 Å². The first-order valence-electron chi connectivity index (χ1n) is 12.7. The molecule has 0 saturated heterocycles. The summed E-state index contributed by atoms with van der Waals surface area (Å²) in [6.07, 6.45) is 1.38. The number of thioether (sulfide) groups is 1. The van der Waals surface area contributed by atoms with Crippen LogP contribution in [0.3, 0.4) is 0 Å². The van der Waals surface area contributed by atoms with E-state index < -0.39 is 5.97 Å². The highest BCUT2D eigenvalue weighted by Crippen LogP contribution is 2.40. The molecular formula is C30H32N4O4S2. The molecule has 40 heavy (non-hydrogen) atoms. The lowest BCUT2D eigenvalue weighted by atomic mass is 10.0. The minimum atomic E-state index is -0.501. The molecule has 0 aliphatic carbocycles. The second kappa shape index (κ2) is 13.0. The number of aromatic nitrogens is 3. The topological polar surface area (TPSA) is 95.3 Å². The number of esters is 1. The van der Waals surface area contributed by atoms with E-state index in [0.29, 0.717) is 28.1 Å². The Morgan fingerprint density at radius 3 is 2.58 bits per heavy atom. The van der Waals surface area contributed by atoms with Gasteiger partial charge < -0.3 is 14.8 Å². The maximum Gasteiger partial charge on any atom is 0.341 e. The zero-order valence-corrected chi connectivity index (χ0v) is 24.8. The van der Waals surface area contributed by atoms with Crippen molar-refractivity contribution in [2.24, 2.45) is 0 Å². The van der Waals surface area contributed by atoms with E-state index >= 15 is 0 Å². The highest BCUT2D eigenvalue weighted by Gasteiger charge is 2.26. The van der Waals surface area contributed by atoms with E-state index in [2.05, 4.69) is 28.2 Å². The summed E-state index contributed by atoms with van der Waals surface area (Å²) in [4.78, 5) is 26.7. The number of hydrogen-bond acceptors (Lipinski definition) is 8. The molecule has 0 fully saturated rings. The first-order valence-corrected chi connectivity index (χ1v) is 14.5. The zero-order chi connectivity index (χ0) is 28.8. The maximum atomic E-state index is 13.0. The predicted molar refractivity (Wildman–Crippen MR) is 160 cm³/mol. The molecule has 4 aromatic rings. The van der Waals surface area contributed by atoms with Gasteiger partial charge in [-0.25, -0.2) is 4.79 Å². The summed E-state index contributed by atoms with van der Waals surface area (Å²) < 4.78 is 13.1. The summed E-state index contributed by atoms with van der Waals surface area (Å²) in [5, 5.41) is 12.6. The van der Waals surface area contributed by atoms with Gasteiger partial charge in [0.1, 0.15) is 16.3 Å². The molecule has 2 heterocycles. The molecule has 1 atom stereocenters. The molecule has 10 heteroatoms. The van der Waals surface area contributed by atoms with Gasteiger partial charge in [0.15, 0.2) is 17.1 Å². The minimum absolute atomic E-state index is 0.0693. The Labute approximate surface area is 242 Å². The number of thiophene rings is 1. The van der Waals surface area contributed by atoms with E-state index in [4.69, 9.17) is 9.47 Å². The van der Waals surface area contributed by atoms with Crippen molar-refractivity contribution >= 4 is 40.0 Å². The van der Waals surface area contributed by atoms with Gasteiger partial charge in [0.05, 0.1) is 12.9 Å². The van der Waals surface area contributed by atoms with Crippen molar-refractivity contribution in [2.75, 3.05) is 18.2 Å². The first kappa shape index (κ1) is 29.1. The molecule has 0 bridgehead atoms. The number of anilines is 1. The fraction of sp³-hybridized carbons (Fsp3) is 0.267. The third kappa shape index (κ3) is 6.46. The lowest BCUT2D eigenvalue weighted by Crippen LogP contribution is -2.17. The number of rotatable bonds is 11. The van der Waals surface area contributed by atoms with Gasteiger partial charge in [-0.2, -0.15) is 0 Å². The monoisotopic (exact) mass is 576 g/mol. The number of carbonyl (C=O) groups excluding carboxylic acids is 2. The van der Waals surface area contributed by atoms with E-state index in [0.717, 1.165) is 32.9 Å². The summed E-state index contributed by atoms with van der Waals surface area (Å²) in [5.41, 5.74) is 4.20. The Kier molecular flexibility index (Phi) is 9.44. The Morgan fingerprint density at radius 1 is 1.15 bits per heavy atom. The summed E-state index contributed by atoms with van der Waals surface area (Å²) in [7, 11) is 1.33. The van der Waals surface area contributed by atoms with Gasteiger partial charge in [-0.1, -0.05) is 65.9 Å². The van der Waals surface area contributed by atoms with Crippen molar-refractivity contribution in [2.45, 2.75) is 45.5 Å². The van der Waals surface area contributed by atoms with Gasteiger partial charge >= 0.3 is 5.97 Å². The van der Waals surface area contributed by atoms with Crippen LogP contribution in [0.2, 0.25) is 0 Å². The number of ether oxygens (including phenoxy) is 2. The van der Waals surface area contributed by atoms with Crippen LogP contribution < -0.4 is 10.1 Å². The van der Waals surface area contributed by atoms with Gasteiger partial charge in [-0.15, -0.1) is 28.1 Å². The number of benzene rings is 2. The molecule has 0 radical (unpaired) electrons. The summed E-state index contributed by atoms with van der Waals surface area (Å²) in [5.74, 6) is 0.712. The van der Waals surface area contributed by atoms with Crippen LogP contribution in [0.15, 0.2) is 66.3 Å². The molecule has 8 nitrogen and oxygen atoms in total. The van der Waals surface area contributed by atoms with Crippen molar-refractivity contribution in [3.8, 4) is 16.9 Å². The Hall–Kier alpha value is -3.89. The largest absolute Gasteiger partial charge is 0.482 e. The molecule has 1 N–H and O–H groups in total. The standard InChI is InChI=1S/C30H32N4O4S2/c1-7-15-34-27(20(4)38-23-14-13-18(2)16-19(23)3)32-33-30(34)39-17-24(35)31-28-26(29(36)37-6)25(21(5)40-28)22-11-9-8-10-12-22/h7-14,16,20H,1,15,17H2,2-6H3,(H,31,35). The molecule has 4 rings (SSSR count). The van der Waals surface area contributed by atoms with E-state index in [1.165, 1.54) is 30.2 Å². The van der Waals surface area contributed by atoms with Crippen molar-refractivity contribution < 1.29 is 19.1 Å². The van der Waals surface area contributed by atoms with Crippen LogP contribution in [0.1, 0.15) is 45.2 Å². The van der Waals surface area contributed by atoms with Crippen molar-refractivity contribution in [3.63, 3.8) is 0 Å². The van der Waals surface area contributed by atoms with Crippen LogP contribution in [0.25, 0.3) is 11.1 Å². The van der Waals surface area contributed by atoms with Gasteiger partial charge in [-0.05, 0) is 44.9 Å². The number of hydrogen-bond donors (Lipinski definition) is 1. The van der Waals surface area contributed by atoms with E-state index in [9.17, 15) is 9.59 Å². The minimum Gasteiger partial charge on any atom is -0.482 e. The average molecular weight is 577 g/mol. The second-order valence-corrected chi connectivity index (χ2v) is 11.4. The number of amides is 1. The Bertz CT molecular complexity index is 1530. The number of allylic oxidation sites excluding steroid dienone is 1. The lowest BCUT2D eigenvalue weighted by molar-refractivity contribution is -0.113. The number of aryl methyl sites for hydroxylation is 3.